The minimum absolute atomic E-state index is 0.00481. The van der Waals surface area contributed by atoms with Gasteiger partial charge in [-0.1, -0.05) is 24.3 Å². The first-order chi connectivity index (χ1) is 5.36. The van der Waals surface area contributed by atoms with Crippen molar-refractivity contribution in [1.82, 2.24) is 0 Å². The summed E-state index contributed by atoms with van der Waals surface area (Å²) < 4.78 is 11.3. The second-order valence-corrected chi connectivity index (χ2v) is 2.27. The van der Waals surface area contributed by atoms with Crippen molar-refractivity contribution in [2.45, 2.75) is 13.2 Å². The monoisotopic (exact) mass is 155 g/mol. The van der Waals surface area contributed by atoms with Crippen molar-refractivity contribution in [3.05, 3.63) is 35.4 Å². The Morgan fingerprint density at radius 2 is 1.73 bits per heavy atom. The molecule has 0 aromatic heterocycles. The minimum Gasteiger partial charge on any atom is -0.326 e. The Morgan fingerprint density at radius 3 is 2.18 bits per heavy atom. The molecule has 2 nitrogen and oxygen atoms in total. The van der Waals surface area contributed by atoms with E-state index in [2.05, 4.69) is 4.94 Å². The van der Waals surface area contributed by atoms with Gasteiger partial charge in [0.25, 0.3) is 0 Å². The highest BCUT2D eigenvalue weighted by molar-refractivity contribution is 5.21. The van der Waals surface area contributed by atoms with Gasteiger partial charge in [-0.25, -0.2) is 0 Å². The fraction of sp³-hybridized carbons (Fsp3) is 0.250. The smallest absolute Gasteiger partial charge is 0.113 e. The summed E-state index contributed by atoms with van der Waals surface area (Å²) in [4.78, 5) is 3.47. The van der Waals surface area contributed by atoms with Crippen molar-refractivity contribution >= 4 is 0 Å². The van der Waals surface area contributed by atoms with Crippen LogP contribution in [0.2, 0.25) is 0 Å². The maximum absolute atomic E-state index is 11.3. The maximum Gasteiger partial charge on any atom is 0.113 e. The van der Waals surface area contributed by atoms with Crippen molar-refractivity contribution in [2.24, 2.45) is 5.73 Å². The van der Waals surface area contributed by atoms with Crippen molar-refractivity contribution in [3.63, 3.8) is 0 Å². The average molecular weight is 155 g/mol. The first-order valence-electron chi connectivity index (χ1n) is 3.38. The maximum atomic E-state index is 11.3. The molecule has 0 atom stereocenters. The van der Waals surface area contributed by atoms with E-state index in [9.17, 15) is 4.53 Å². The summed E-state index contributed by atoms with van der Waals surface area (Å²) in [5.41, 5.74) is 7.21. The second-order valence-electron chi connectivity index (χ2n) is 2.27. The van der Waals surface area contributed by atoms with Crippen LogP contribution in [0.3, 0.4) is 0 Å². The van der Waals surface area contributed by atoms with Gasteiger partial charge in [0.1, 0.15) is 6.61 Å². The van der Waals surface area contributed by atoms with Gasteiger partial charge in [0.15, 0.2) is 0 Å². The van der Waals surface area contributed by atoms with E-state index in [0.29, 0.717) is 6.54 Å². The highest BCUT2D eigenvalue weighted by atomic mass is 19.3. The molecular weight excluding hydrogens is 145 g/mol. The van der Waals surface area contributed by atoms with E-state index in [0.717, 1.165) is 11.1 Å². The van der Waals surface area contributed by atoms with Gasteiger partial charge in [0.05, 0.1) is 0 Å². The molecule has 0 unspecified atom stereocenters. The molecular formula is C8H10FNO. The molecule has 11 heavy (non-hydrogen) atoms. The SMILES string of the molecule is NCc1ccc(COF)cc1. The predicted octanol–water partition coefficient (Wildman–Crippen LogP) is 1.55. The van der Waals surface area contributed by atoms with Crippen LogP contribution < -0.4 is 5.73 Å². The minimum atomic E-state index is 0.00481. The van der Waals surface area contributed by atoms with Crippen LogP contribution in [0.1, 0.15) is 11.1 Å². The molecule has 0 radical (unpaired) electrons. The number of hydrogen-bond donors (Lipinski definition) is 1. The molecule has 0 aliphatic carbocycles. The topological polar surface area (TPSA) is 35.2 Å². The number of rotatable bonds is 3. The third-order valence-corrected chi connectivity index (χ3v) is 1.48. The Kier molecular flexibility index (Phi) is 3.01. The molecule has 60 valence electrons. The van der Waals surface area contributed by atoms with E-state index in [1.165, 1.54) is 0 Å². The van der Waals surface area contributed by atoms with Gasteiger partial charge in [-0.2, -0.15) is 4.94 Å². The molecule has 1 rings (SSSR count). The van der Waals surface area contributed by atoms with E-state index in [1.807, 2.05) is 12.1 Å². The lowest BCUT2D eigenvalue weighted by Gasteiger charge is -1.98. The zero-order valence-corrected chi connectivity index (χ0v) is 6.09. The number of benzene rings is 1. The molecule has 0 saturated heterocycles. The number of hydrogen-bond acceptors (Lipinski definition) is 2. The van der Waals surface area contributed by atoms with Crippen LogP contribution in [-0.4, -0.2) is 0 Å². The molecule has 0 saturated carbocycles. The molecule has 0 aliphatic rings. The van der Waals surface area contributed by atoms with Crippen LogP contribution in [0.4, 0.5) is 4.53 Å². The Bertz CT molecular complexity index is 210. The molecule has 0 amide bonds. The number of nitrogens with two attached hydrogens (primary N) is 1. The molecule has 1 aromatic rings. The van der Waals surface area contributed by atoms with Crippen LogP contribution in [0.15, 0.2) is 24.3 Å². The van der Waals surface area contributed by atoms with Gasteiger partial charge in [0.2, 0.25) is 0 Å². The Hall–Kier alpha value is -0.930. The molecule has 0 aliphatic heterocycles. The molecule has 0 heterocycles. The summed E-state index contributed by atoms with van der Waals surface area (Å²) in [6.45, 7) is 0.515. The fourth-order valence-electron chi connectivity index (χ4n) is 0.835. The molecule has 0 fully saturated rings. The van der Waals surface area contributed by atoms with Gasteiger partial charge < -0.3 is 5.73 Å². The second kappa shape index (κ2) is 4.05. The predicted molar refractivity (Wildman–Crippen MR) is 40.2 cm³/mol. The van der Waals surface area contributed by atoms with Gasteiger partial charge >= 0.3 is 0 Å². The first-order valence-corrected chi connectivity index (χ1v) is 3.38. The summed E-state index contributed by atoms with van der Waals surface area (Å²) in [6.07, 6.45) is 0. The standard InChI is InChI=1S/C8H10FNO/c9-11-6-8-3-1-7(5-10)2-4-8/h1-4H,5-6,10H2. The van der Waals surface area contributed by atoms with E-state index >= 15 is 0 Å². The quantitative estimate of drug-likeness (QED) is 0.718. The molecule has 0 spiro atoms. The number of halogens is 1. The van der Waals surface area contributed by atoms with E-state index < -0.39 is 0 Å². The van der Waals surface area contributed by atoms with Crippen LogP contribution in [-0.2, 0) is 18.1 Å². The summed E-state index contributed by atoms with van der Waals surface area (Å²) in [5, 5.41) is 0. The normalized spacial score (nSPS) is 10.0. The summed E-state index contributed by atoms with van der Waals surface area (Å²) in [6, 6.07) is 7.30. The van der Waals surface area contributed by atoms with E-state index in [4.69, 9.17) is 5.73 Å². The molecule has 1 aromatic carbocycles. The molecule has 0 bridgehead atoms. The highest BCUT2D eigenvalue weighted by Gasteiger charge is 1.92. The van der Waals surface area contributed by atoms with Crippen molar-refractivity contribution in [2.75, 3.05) is 0 Å². The lowest BCUT2D eigenvalue weighted by molar-refractivity contribution is -0.144. The van der Waals surface area contributed by atoms with Crippen LogP contribution in [0, 0.1) is 0 Å². The Labute approximate surface area is 64.7 Å². The zero-order valence-electron chi connectivity index (χ0n) is 6.09. The van der Waals surface area contributed by atoms with Crippen LogP contribution in [0.25, 0.3) is 0 Å². The largest absolute Gasteiger partial charge is 0.326 e. The lowest BCUT2D eigenvalue weighted by atomic mass is 10.1. The van der Waals surface area contributed by atoms with Gasteiger partial charge in [-0.05, 0) is 15.7 Å². The van der Waals surface area contributed by atoms with Gasteiger partial charge in [-0.3, -0.25) is 0 Å². The highest BCUT2D eigenvalue weighted by Crippen LogP contribution is 2.04. The Morgan fingerprint density at radius 1 is 1.18 bits per heavy atom. The van der Waals surface area contributed by atoms with Crippen LogP contribution in [0.5, 0.6) is 0 Å². The summed E-state index contributed by atoms with van der Waals surface area (Å²) in [7, 11) is 0. The van der Waals surface area contributed by atoms with E-state index in [-0.39, 0.29) is 6.61 Å². The third-order valence-electron chi connectivity index (χ3n) is 1.48. The van der Waals surface area contributed by atoms with E-state index in [1.54, 1.807) is 12.1 Å². The summed E-state index contributed by atoms with van der Waals surface area (Å²) in [5.74, 6) is 0. The van der Waals surface area contributed by atoms with Gasteiger partial charge in [0, 0.05) is 6.54 Å². The molecule has 3 heteroatoms. The Balaban J connectivity index is 2.66. The lowest BCUT2D eigenvalue weighted by Crippen LogP contribution is -1.95. The average Bonchev–Trinajstić information content (AvgIpc) is 2.07. The van der Waals surface area contributed by atoms with Crippen molar-refractivity contribution < 1.29 is 9.47 Å². The van der Waals surface area contributed by atoms with Gasteiger partial charge in [-0.15, -0.1) is 0 Å². The molecule has 2 N–H and O–H groups in total. The summed E-state index contributed by atoms with van der Waals surface area (Å²) >= 11 is 0. The zero-order chi connectivity index (χ0) is 8.10. The fourth-order valence-corrected chi connectivity index (χ4v) is 0.835. The van der Waals surface area contributed by atoms with Crippen LogP contribution >= 0.6 is 0 Å². The van der Waals surface area contributed by atoms with Crippen molar-refractivity contribution in [1.29, 1.82) is 0 Å². The third kappa shape index (κ3) is 2.29. The van der Waals surface area contributed by atoms with Crippen molar-refractivity contribution in [3.8, 4) is 0 Å². The first kappa shape index (κ1) is 8.17.